The van der Waals surface area contributed by atoms with Gasteiger partial charge in [-0.25, -0.2) is 0 Å². The molecule has 1 atom stereocenters. The molecule has 0 bridgehead atoms. The van der Waals surface area contributed by atoms with Crippen LogP contribution < -0.4 is 10.2 Å². The average molecular weight is 351 g/mol. The molecular formula is C19H17N3O4. The summed E-state index contributed by atoms with van der Waals surface area (Å²) in [5.41, 5.74) is 1.91. The maximum Gasteiger partial charge on any atom is 0.269 e. The minimum Gasteiger partial charge on any atom is -0.324 e. The smallest absolute Gasteiger partial charge is 0.269 e. The maximum atomic E-state index is 12.7. The predicted octanol–water partition coefficient (Wildman–Crippen LogP) is 3.23. The number of carbonyl (C=O) groups is 2. The van der Waals surface area contributed by atoms with E-state index in [9.17, 15) is 19.7 Å². The first kappa shape index (κ1) is 17.3. The number of anilines is 2. The van der Waals surface area contributed by atoms with Crippen LogP contribution in [0, 0.1) is 16.0 Å². The summed E-state index contributed by atoms with van der Waals surface area (Å²) in [6.45, 7) is 2.04. The molecule has 2 amide bonds. The van der Waals surface area contributed by atoms with Gasteiger partial charge in [0, 0.05) is 24.8 Å². The lowest BCUT2D eigenvalue weighted by molar-refractivity contribution is -0.384. The van der Waals surface area contributed by atoms with E-state index < -0.39 is 4.92 Å². The number of non-ortho nitro benzene ring substituents is 1. The minimum absolute atomic E-state index is 0.00617. The SMILES string of the molecule is CC1CN(C(=O)/C=C/c2ccc([N+](=O)[O-])cc2)c2ccccc2NC1=O. The van der Waals surface area contributed by atoms with E-state index in [1.54, 1.807) is 54.3 Å². The van der Waals surface area contributed by atoms with Gasteiger partial charge in [-0.05, 0) is 35.9 Å². The number of para-hydroxylation sites is 2. The summed E-state index contributed by atoms with van der Waals surface area (Å²) in [5.74, 6) is -0.745. The molecule has 2 aromatic rings. The third-order valence-corrected chi connectivity index (χ3v) is 4.15. The number of carbonyl (C=O) groups excluding carboxylic acids is 2. The number of hydrogen-bond donors (Lipinski definition) is 1. The van der Waals surface area contributed by atoms with Crippen molar-refractivity contribution in [3.05, 3.63) is 70.3 Å². The second-order valence-electron chi connectivity index (χ2n) is 6.04. The van der Waals surface area contributed by atoms with Gasteiger partial charge in [0.1, 0.15) is 0 Å². The second-order valence-corrected chi connectivity index (χ2v) is 6.04. The largest absolute Gasteiger partial charge is 0.324 e. The molecule has 26 heavy (non-hydrogen) atoms. The Morgan fingerprint density at radius 3 is 2.62 bits per heavy atom. The number of amides is 2. The van der Waals surface area contributed by atoms with Crippen molar-refractivity contribution in [3.63, 3.8) is 0 Å². The molecule has 7 heteroatoms. The molecule has 0 aliphatic carbocycles. The second kappa shape index (κ2) is 7.18. The van der Waals surface area contributed by atoms with Gasteiger partial charge in [-0.15, -0.1) is 0 Å². The van der Waals surface area contributed by atoms with Crippen LogP contribution in [-0.2, 0) is 9.59 Å². The molecule has 1 heterocycles. The Morgan fingerprint density at radius 2 is 1.92 bits per heavy atom. The van der Waals surface area contributed by atoms with E-state index in [1.165, 1.54) is 18.2 Å². The Bertz CT molecular complexity index is 890. The monoisotopic (exact) mass is 351 g/mol. The summed E-state index contributed by atoms with van der Waals surface area (Å²) >= 11 is 0. The zero-order chi connectivity index (χ0) is 18.7. The zero-order valence-electron chi connectivity index (χ0n) is 14.1. The Morgan fingerprint density at radius 1 is 1.23 bits per heavy atom. The van der Waals surface area contributed by atoms with Gasteiger partial charge in [0.2, 0.25) is 5.91 Å². The number of nitro groups is 1. The fourth-order valence-electron chi connectivity index (χ4n) is 2.70. The van der Waals surface area contributed by atoms with Gasteiger partial charge in [-0.1, -0.05) is 19.1 Å². The number of rotatable bonds is 3. The lowest BCUT2D eigenvalue weighted by Crippen LogP contribution is -2.34. The molecule has 1 aliphatic rings. The van der Waals surface area contributed by atoms with Crippen molar-refractivity contribution >= 4 is 35.0 Å². The van der Waals surface area contributed by atoms with Gasteiger partial charge in [-0.3, -0.25) is 19.7 Å². The van der Waals surface area contributed by atoms with Gasteiger partial charge < -0.3 is 10.2 Å². The number of nitro benzene ring substituents is 1. The number of fused-ring (bicyclic) bond motifs is 1. The van der Waals surface area contributed by atoms with Crippen molar-refractivity contribution in [1.29, 1.82) is 0 Å². The van der Waals surface area contributed by atoms with Crippen LogP contribution in [-0.4, -0.2) is 23.3 Å². The first-order valence-corrected chi connectivity index (χ1v) is 8.09. The van der Waals surface area contributed by atoms with E-state index in [0.29, 0.717) is 16.9 Å². The topological polar surface area (TPSA) is 92.6 Å². The molecule has 0 spiro atoms. The van der Waals surface area contributed by atoms with E-state index in [4.69, 9.17) is 0 Å². The minimum atomic E-state index is -0.474. The summed E-state index contributed by atoms with van der Waals surface area (Å²) in [6.07, 6.45) is 3.00. The van der Waals surface area contributed by atoms with E-state index in [1.807, 2.05) is 0 Å². The average Bonchev–Trinajstić information content (AvgIpc) is 2.77. The molecule has 132 valence electrons. The van der Waals surface area contributed by atoms with Crippen LogP contribution in [0.3, 0.4) is 0 Å². The Kier molecular flexibility index (Phi) is 4.79. The standard InChI is InChI=1S/C19H17N3O4/c1-13-12-21(17-5-3-2-4-16(17)20-19(13)24)18(23)11-8-14-6-9-15(10-7-14)22(25)26/h2-11,13H,12H2,1H3,(H,20,24)/b11-8+. The molecule has 0 aromatic heterocycles. The number of nitrogens with zero attached hydrogens (tertiary/aromatic N) is 2. The van der Waals surface area contributed by atoms with E-state index >= 15 is 0 Å². The lowest BCUT2D eigenvalue weighted by Gasteiger charge is -2.22. The van der Waals surface area contributed by atoms with Crippen molar-refractivity contribution in [1.82, 2.24) is 0 Å². The number of nitrogens with one attached hydrogen (secondary N) is 1. The summed E-state index contributed by atoms with van der Waals surface area (Å²) in [7, 11) is 0. The highest BCUT2D eigenvalue weighted by Gasteiger charge is 2.27. The number of hydrogen-bond acceptors (Lipinski definition) is 4. The van der Waals surface area contributed by atoms with Crippen LogP contribution in [0.15, 0.2) is 54.6 Å². The summed E-state index contributed by atoms with van der Waals surface area (Å²) in [4.78, 5) is 36.6. The highest BCUT2D eigenvalue weighted by Crippen LogP contribution is 2.30. The molecule has 1 N–H and O–H groups in total. The van der Waals surface area contributed by atoms with Crippen molar-refractivity contribution in [2.45, 2.75) is 6.92 Å². The lowest BCUT2D eigenvalue weighted by atomic mass is 10.1. The summed E-state index contributed by atoms with van der Waals surface area (Å²) in [6, 6.07) is 13.1. The van der Waals surface area contributed by atoms with Gasteiger partial charge in [-0.2, -0.15) is 0 Å². The molecule has 2 aromatic carbocycles. The van der Waals surface area contributed by atoms with E-state index in [2.05, 4.69) is 5.32 Å². The molecule has 7 nitrogen and oxygen atoms in total. The van der Waals surface area contributed by atoms with Crippen LogP contribution >= 0.6 is 0 Å². The van der Waals surface area contributed by atoms with Gasteiger partial charge in [0.05, 0.1) is 22.2 Å². The van der Waals surface area contributed by atoms with Crippen molar-refractivity contribution in [2.75, 3.05) is 16.8 Å². The summed E-state index contributed by atoms with van der Waals surface area (Å²) in [5, 5.41) is 13.5. The summed E-state index contributed by atoms with van der Waals surface area (Å²) < 4.78 is 0. The van der Waals surface area contributed by atoms with Crippen molar-refractivity contribution < 1.29 is 14.5 Å². The quantitative estimate of drug-likeness (QED) is 0.522. The Hall–Kier alpha value is -3.48. The van der Waals surface area contributed by atoms with Crippen molar-refractivity contribution in [3.8, 4) is 0 Å². The fraction of sp³-hybridized carbons (Fsp3) is 0.158. The molecule has 1 aliphatic heterocycles. The van der Waals surface area contributed by atoms with Gasteiger partial charge >= 0.3 is 0 Å². The highest BCUT2D eigenvalue weighted by molar-refractivity contribution is 6.09. The first-order chi connectivity index (χ1) is 12.5. The maximum absolute atomic E-state index is 12.7. The molecule has 3 rings (SSSR count). The van der Waals surface area contributed by atoms with Crippen molar-refractivity contribution in [2.24, 2.45) is 5.92 Å². The highest BCUT2D eigenvalue weighted by atomic mass is 16.6. The van der Waals surface area contributed by atoms with E-state index in [-0.39, 0.29) is 30.0 Å². The molecule has 1 unspecified atom stereocenters. The Labute approximate surface area is 150 Å². The third kappa shape index (κ3) is 3.61. The normalized spacial score (nSPS) is 16.7. The van der Waals surface area contributed by atoms with Gasteiger partial charge in [0.15, 0.2) is 0 Å². The predicted molar refractivity (Wildman–Crippen MR) is 98.7 cm³/mol. The van der Waals surface area contributed by atoms with Gasteiger partial charge in [0.25, 0.3) is 11.6 Å². The fourth-order valence-corrected chi connectivity index (χ4v) is 2.70. The molecular weight excluding hydrogens is 334 g/mol. The first-order valence-electron chi connectivity index (χ1n) is 8.09. The third-order valence-electron chi connectivity index (χ3n) is 4.15. The Balaban J connectivity index is 1.84. The number of benzene rings is 2. The zero-order valence-corrected chi connectivity index (χ0v) is 14.1. The van der Waals surface area contributed by atoms with Crippen LogP contribution in [0.2, 0.25) is 0 Å². The molecule has 0 saturated heterocycles. The van der Waals surface area contributed by atoms with Crippen LogP contribution in [0.4, 0.5) is 17.1 Å². The molecule has 0 fully saturated rings. The molecule has 0 saturated carbocycles. The molecule has 0 radical (unpaired) electrons. The van der Waals surface area contributed by atoms with Crippen LogP contribution in [0.1, 0.15) is 12.5 Å². The van der Waals surface area contributed by atoms with Crippen LogP contribution in [0.25, 0.3) is 6.08 Å². The van der Waals surface area contributed by atoms with Crippen LogP contribution in [0.5, 0.6) is 0 Å². The van der Waals surface area contributed by atoms with E-state index in [0.717, 1.165) is 0 Å².